The lowest BCUT2D eigenvalue weighted by atomic mass is 10.0. The second-order valence-electron chi connectivity index (χ2n) is 13.1. The number of ether oxygens (including phenoxy) is 2. The van der Waals surface area contributed by atoms with E-state index >= 15 is 0 Å². The fourth-order valence-electron chi connectivity index (χ4n) is 5.50. The highest BCUT2D eigenvalue weighted by Crippen LogP contribution is 2.15. The van der Waals surface area contributed by atoms with Crippen molar-refractivity contribution in [3.8, 4) is 0 Å². The maximum Gasteiger partial charge on any atom is 0.306 e. The number of rotatable bonds is 33. The summed E-state index contributed by atoms with van der Waals surface area (Å²) in [6.45, 7) is 6.44. The van der Waals surface area contributed by atoms with Crippen LogP contribution in [0.25, 0.3) is 0 Å². The Bertz CT molecular complexity index is 577. The molecule has 0 radical (unpaired) electrons. The molecule has 0 aliphatic carbocycles. The number of hydrogen-bond acceptors (Lipinski definition) is 5. The molecule has 0 aromatic carbocycles. The lowest BCUT2D eigenvalue weighted by Gasteiger charge is -2.15. The summed E-state index contributed by atoms with van der Waals surface area (Å²) in [4.78, 5) is 24.1. The van der Waals surface area contributed by atoms with Crippen molar-refractivity contribution < 1.29 is 24.2 Å². The van der Waals surface area contributed by atoms with Crippen molar-refractivity contribution in [1.82, 2.24) is 0 Å². The molecule has 0 bridgehead atoms. The minimum Gasteiger partial charge on any atom is -0.462 e. The van der Waals surface area contributed by atoms with Gasteiger partial charge in [-0.05, 0) is 18.8 Å². The third-order valence-electron chi connectivity index (χ3n) is 8.33. The number of unbranched alkanes of at least 4 members (excludes halogenated alkanes) is 23. The zero-order chi connectivity index (χ0) is 30.9. The molecule has 0 unspecified atom stereocenters. The molecule has 1 N–H and O–H groups in total. The minimum atomic E-state index is -0.761. The van der Waals surface area contributed by atoms with Crippen LogP contribution in [0.4, 0.5) is 0 Å². The summed E-state index contributed by atoms with van der Waals surface area (Å²) < 4.78 is 10.6. The highest BCUT2D eigenvalue weighted by atomic mass is 16.6. The average Bonchev–Trinajstić information content (AvgIpc) is 2.97. The molecule has 0 spiro atoms. The smallest absolute Gasteiger partial charge is 0.306 e. The van der Waals surface area contributed by atoms with Crippen molar-refractivity contribution in [2.75, 3.05) is 13.2 Å². The first-order chi connectivity index (χ1) is 20.5. The van der Waals surface area contributed by atoms with E-state index in [1.165, 1.54) is 135 Å². The summed E-state index contributed by atoms with van der Waals surface area (Å²) in [5.41, 5.74) is 0. The Morgan fingerprint density at radius 1 is 0.524 bits per heavy atom. The predicted molar refractivity (Wildman–Crippen MR) is 178 cm³/mol. The van der Waals surface area contributed by atoms with E-state index in [0.29, 0.717) is 12.8 Å². The molecule has 0 rings (SSSR count). The molecule has 0 saturated heterocycles. The van der Waals surface area contributed by atoms with E-state index in [4.69, 9.17) is 9.47 Å². The van der Waals surface area contributed by atoms with Gasteiger partial charge in [0.2, 0.25) is 0 Å². The summed E-state index contributed by atoms with van der Waals surface area (Å²) in [6, 6.07) is 0. The predicted octanol–water partition coefficient (Wildman–Crippen LogP) is 11.0. The molecule has 0 amide bonds. The highest BCUT2D eigenvalue weighted by molar-refractivity contribution is 5.70. The Balaban J connectivity index is 3.48. The van der Waals surface area contributed by atoms with E-state index in [2.05, 4.69) is 20.8 Å². The van der Waals surface area contributed by atoms with Crippen LogP contribution in [0.5, 0.6) is 0 Å². The molecule has 0 aliphatic heterocycles. The molecule has 0 aliphatic rings. The van der Waals surface area contributed by atoms with Crippen molar-refractivity contribution in [1.29, 1.82) is 0 Å². The van der Waals surface area contributed by atoms with Gasteiger partial charge < -0.3 is 14.6 Å². The number of carbonyl (C=O) groups excluding carboxylic acids is 2. The maximum absolute atomic E-state index is 12.1. The van der Waals surface area contributed by atoms with Crippen LogP contribution in [-0.2, 0) is 19.1 Å². The first-order valence-electron chi connectivity index (χ1n) is 18.5. The lowest BCUT2D eigenvalue weighted by molar-refractivity contribution is -0.161. The summed E-state index contributed by atoms with van der Waals surface area (Å²) in [5, 5.41) is 9.50. The van der Waals surface area contributed by atoms with Gasteiger partial charge in [0.1, 0.15) is 6.61 Å². The van der Waals surface area contributed by atoms with Crippen LogP contribution < -0.4 is 0 Å². The van der Waals surface area contributed by atoms with Gasteiger partial charge in [0.05, 0.1) is 6.61 Å². The van der Waals surface area contributed by atoms with Gasteiger partial charge in [-0.1, -0.05) is 175 Å². The van der Waals surface area contributed by atoms with Crippen LogP contribution in [0, 0.1) is 5.92 Å². The van der Waals surface area contributed by atoms with Crippen molar-refractivity contribution >= 4 is 11.9 Å². The third-order valence-corrected chi connectivity index (χ3v) is 8.33. The van der Waals surface area contributed by atoms with E-state index in [9.17, 15) is 14.7 Å². The molecule has 0 fully saturated rings. The summed E-state index contributed by atoms with van der Waals surface area (Å²) in [6.07, 6.45) is 33.2. The molecule has 0 heterocycles. The van der Waals surface area contributed by atoms with Crippen molar-refractivity contribution in [3.63, 3.8) is 0 Å². The van der Waals surface area contributed by atoms with E-state index in [0.717, 1.165) is 38.0 Å². The summed E-state index contributed by atoms with van der Waals surface area (Å²) in [5.74, 6) is 0.209. The molecule has 42 heavy (non-hydrogen) atoms. The Morgan fingerprint density at radius 3 is 1.26 bits per heavy atom. The monoisotopic (exact) mass is 597 g/mol. The fourth-order valence-corrected chi connectivity index (χ4v) is 5.50. The molecule has 1 atom stereocenters. The van der Waals surface area contributed by atoms with Gasteiger partial charge in [0, 0.05) is 12.8 Å². The second-order valence-corrected chi connectivity index (χ2v) is 13.1. The molecule has 0 aromatic rings. The molecule has 0 aromatic heterocycles. The molecule has 5 heteroatoms. The maximum atomic E-state index is 12.1. The van der Waals surface area contributed by atoms with E-state index in [1.54, 1.807) is 0 Å². The van der Waals surface area contributed by atoms with Gasteiger partial charge in [0.15, 0.2) is 6.10 Å². The van der Waals surface area contributed by atoms with Crippen LogP contribution in [0.2, 0.25) is 0 Å². The fraction of sp³-hybridized carbons (Fsp3) is 0.946. The number of aliphatic hydroxyl groups excluding tert-OH is 1. The quantitative estimate of drug-likeness (QED) is 0.0602. The van der Waals surface area contributed by atoms with Gasteiger partial charge in [-0.3, -0.25) is 9.59 Å². The van der Waals surface area contributed by atoms with Crippen LogP contribution in [0.1, 0.15) is 201 Å². The Labute approximate surface area is 261 Å². The van der Waals surface area contributed by atoms with Gasteiger partial charge in [-0.15, -0.1) is 0 Å². The first-order valence-corrected chi connectivity index (χ1v) is 18.5. The third kappa shape index (κ3) is 31.8. The van der Waals surface area contributed by atoms with E-state index < -0.39 is 6.10 Å². The standard InChI is InChI=1S/C37H72O5/c1-4-5-6-7-8-9-10-11-12-13-14-15-16-17-18-21-24-27-30-36(39)41-33-35(32-38)42-37(40)31-28-25-22-19-20-23-26-29-34(2)3/h34-35,38H,4-33H2,1-3H3/t35-/m0/s1. The minimum absolute atomic E-state index is 0.0590. The molecular weight excluding hydrogens is 524 g/mol. The Morgan fingerprint density at radius 2 is 0.881 bits per heavy atom. The van der Waals surface area contributed by atoms with Crippen LogP contribution in [0.15, 0.2) is 0 Å². The topological polar surface area (TPSA) is 72.8 Å². The number of carbonyl (C=O) groups is 2. The van der Waals surface area contributed by atoms with Crippen molar-refractivity contribution in [2.45, 2.75) is 207 Å². The highest BCUT2D eigenvalue weighted by Gasteiger charge is 2.16. The van der Waals surface area contributed by atoms with E-state index in [1.807, 2.05) is 0 Å². The number of hydrogen-bond donors (Lipinski definition) is 1. The normalized spacial score (nSPS) is 12.1. The zero-order valence-electron chi connectivity index (χ0n) is 28.4. The largest absolute Gasteiger partial charge is 0.462 e. The summed E-state index contributed by atoms with van der Waals surface area (Å²) >= 11 is 0. The van der Waals surface area contributed by atoms with Gasteiger partial charge in [-0.2, -0.15) is 0 Å². The van der Waals surface area contributed by atoms with Gasteiger partial charge in [-0.25, -0.2) is 0 Å². The zero-order valence-corrected chi connectivity index (χ0v) is 28.4. The molecular formula is C37H72O5. The lowest BCUT2D eigenvalue weighted by Crippen LogP contribution is -2.28. The van der Waals surface area contributed by atoms with Crippen LogP contribution in [-0.4, -0.2) is 36.4 Å². The van der Waals surface area contributed by atoms with Crippen molar-refractivity contribution in [3.05, 3.63) is 0 Å². The molecule has 250 valence electrons. The average molecular weight is 597 g/mol. The van der Waals surface area contributed by atoms with Gasteiger partial charge >= 0.3 is 11.9 Å². The van der Waals surface area contributed by atoms with Crippen molar-refractivity contribution in [2.24, 2.45) is 5.92 Å². The Hall–Kier alpha value is -1.10. The Kier molecular flexibility index (Phi) is 31.9. The molecule has 0 saturated carbocycles. The van der Waals surface area contributed by atoms with Crippen LogP contribution in [0.3, 0.4) is 0 Å². The number of aliphatic hydroxyl groups is 1. The number of esters is 2. The first kappa shape index (κ1) is 40.9. The van der Waals surface area contributed by atoms with Gasteiger partial charge in [0.25, 0.3) is 0 Å². The summed E-state index contributed by atoms with van der Waals surface area (Å²) in [7, 11) is 0. The SMILES string of the molecule is CCCCCCCCCCCCCCCCCCCCC(=O)OC[C@H](CO)OC(=O)CCCCCCCCCC(C)C. The van der Waals surface area contributed by atoms with E-state index in [-0.39, 0.29) is 25.2 Å². The molecule has 5 nitrogen and oxygen atoms in total. The van der Waals surface area contributed by atoms with Crippen LogP contribution >= 0.6 is 0 Å². The second kappa shape index (κ2) is 32.8.